The van der Waals surface area contributed by atoms with Gasteiger partial charge >= 0.3 is 0 Å². The summed E-state index contributed by atoms with van der Waals surface area (Å²) < 4.78 is 10.7. The largest absolute Gasteiger partial charge is 0.493 e. The minimum absolute atomic E-state index is 0.0916. The molecule has 0 radical (unpaired) electrons. The van der Waals surface area contributed by atoms with Crippen molar-refractivity contribution in [1.29, 1.82) is 0 Å². The highest BCUT2D eigenvalue weighted by Gasteiger charge is 2.29. The second-order valence-electron chi connectivity index (χ2n) is 8.65. The van der Waals surface area contributed by atoms with Crippen LogP contribution in [-0.2, 0) is 11.2 Å². The average molecular weight is 460 g/mol. The Morgan fingerprint density at radius 2 is 1.88 bits per heavy atom. The molecule has 34 heavy (non-hydrogen) atoms. The minimum Gasteiger partial charge on any atom is -0.493 e. The fourth-order valence-corrected chi connectivity index (χ4v) is 4.70. The number of amides is 1. The van der Waals surface area contributed by atoms with Gasteiger partial charge in [0.25, 0.3) is 0 Å². The zero-order chi connectivity index (χ0) is 23.5. The summed E-state index contributed by atoms with van der Waals surface area (Å²) in [6.07, 6.45) is 4.20. The molecule has 5 rings (SSSR count). The summed E-state index contributed by atoms with van der Waals surface area (Å²) in [5.74, 6) is 2.31. The molecule has 3 aromatic rings. The number of aromatic nitrogens is 2. The van der Waals surface area contributed by atoms with E-state index in [0.717, 1.165) is 60.7 Å². The summed E-state index contributed by atoms with van der Waals surface area (Å²) in [6, 6.07) is 13.6. The third-order valence-corrected chi connectivity index (χ3v) is 6.50. The molecule has 0 saturated carbocycles. The molecule has 2 aromatic carbocycles. The van der Waals surface area contributed by atoms with Gasteiger partial charge in [0.15, 0.2) is 11.5 Å². The van der Waals surface area contributed by atoms with Crippen LogP contribution in [-0.4, -0.2) is 49.7 Å². The third kappa shape index (κ3) is 4.41. The Labute approximate surface area is 199 Å². The van der Waals surface area contributed by atoms with E-state index in [2.05, 4.69) is 15.6 Å². The SMILES string of the molecule is COc1ccc(Nc2ncc3c(n2)-c2ccccc2N(CC2CCNCC2)C(=O)C3)cc1OC. The molecule has 3 heterocycles. The van der Waals surface area contributed by atoms with Crippen LogP contribution in [0.4, 0.5) is 17.3 Å². The summed E-state index contributed by atoms with van der Waals surface area (Å²) in [5, 5.41) is 6.66. The van der Waals surface area contributed by atoms with Gasteiger partial charge in [0, 0.05) is 35.6 Å². The van der Waals surface area contributed by atoms with E-state index >= 15 is 0 Å². The van der Waals surface area contributed by atoms with Crippen molar-refractivity contribution in [3.05, 3.63) is 54.2 Å². The van der Waals surface area contributed by atoms with Gasteiger partial charge in [0.05, 0.1) is 32.0 Å². The van der Waals surface area contributed by atoms with Crippen LogP contribution >= 0.6 is 0 Å². The van der Waals surface area contributed by atoms with Crippen molar-refractivity contribution in [1.82, 2.24) is 15.3 Å². The molecule has 8 nitrogen and oxygen atoms in total. The van der Waals surface area contributed by atoms with E-state index in [1.807, 2.05) is 47.4 Å². The maximum Gasteiger partial charge on any atom is 0.231 e. The number of methoxy groups -OCH3 is 2. The number of ether oxygens (including phenoxy) is 2. The smallest absolute Gasteiger partial charge is 0.231 e. The Kier molecular flexibility index (Phi) is 6.31. The van der Waals surface area contributed by atoms with Gasteiger partial charge in [-0.1, -0.05) is 18.2 Å². The van der Waals surface area contributed by atoms with Gasteiger partial charge in [-0.15, -0.1) is 0 Å². The van der Waals surface area contributed by atoms with E-state index in [1.165, 1.54) is 0 Å². The van der Waals surface area contributed by atoms with Crippen LogP contribution < -0.4 is 25.0 Å². The molecule has 1 fully saturated rings. The Hall–Kier alpha value is -3.65. The quantitative estimate of drug-likeness (QED) is 0.580. The monoisotopic (exact) mass is 459 g/mol. The molecule has 176 valence electrons. The van der Waals surface area contributed by atoms with E-state index in [0.29, 0.717) is 23.4 Å². The fourth-order valence-electron chi connectivity index (χ4n) is 4.70. The summed E-state index contributed by atoms with van der Waals surface area (Å²) in [5.41, 5.74) is 4.27. The number of carbonyl (C=O) groups excluding carboxylic acids is 1. The van der Waals surface area contributed by atoms with Crippen molar-refractivity contribution in [3.63, 3.8) is 0 Å². The van der Waals surface area contributed by atoms with Gasteiger partial charge in [0.1, 0.15) is 0 Å². The summed E-state index contributed by atoms with van der Waals surface area (Å²) in [6.45, 7) is 2.74. The highest BCUT2D eigenvalue weighted by atomic mass is 16.5. The number of nitrogens with one attached hydrogen (secondary N) is 2. The molecule has 0 unspecified atom stereocenters. The maximum atomic E-state index is 13.3. The van der Waals surface area contributed by atoms with Crippen molar-refractivity contribution in [2.45, 2.75) is 19.3 Å². The van der Waals surface area contributed by atoms with Crippen molar-refractivity contribution >= 4 is 23.2 Å². The second-order valence-corrected chi connectivity index (χ2v) is 8.65. The number of benzene rings is 2. The number of hydrogen-bond acceptors (Lipinski definition) is 7. The Morgan fingerprint density at radius 3 is 2.68 bits per heavy atom. The first-order valence-corrected chi connectivity index (χ1v) is 11.6. The number of para-hydroxylation sites is 1. The number of fused-ring (bicyclic) bond motifs is 3. The van der Waals surface area contributed by atoms with E-state index in [9.17, 15) is 4.79 Å². The predicted molar refractivity (Wildman–Crippen MR) is 132 cm³/mol. The summed E-state index contributed by atoms with van der Waals surface area (Å²) in [4.78, 5) is 24.6. The van der Waals surface area contributed by atoms with Gasteiger partial charge in [-0.05, 0) is 50.0 Å². The molecule has 0 aliphatic carbocycles. The van der Waals surface area contributed by atoms with Crippen LogP contribution in [0.2, 0.25) is 0 Å². The molecular weight excluding hydrogens is 430 g/mol. The molecule has 2 aliphatic rings. The van der Waals surface area contributed by atoms with Crippen molar-refractivity contribution in [2.75, 3.05) is 44.1 Å². The number of nitrogens with zero attached hydrogens (tertiary/aromatic N) is 3. The van der Waals surface area contributed by atoms with Gasteiger partial charge in [-0.25, -0.2) is 9.97 Å². The molecular formula is C26H29N5O3. The van der Waals surface area contributed by atoms with Crippen LogP contribution in [0.1, 0.15) is 18.4 Å². The van der Waals surface area contributed by atoms with E-state index < -0.39 is 0 Å². The lowest BCUT2D eigenvalue weighted by Gasteiger charge is -2.30. The summed E-state index contributed by atoms with van der Waals surface area (Å²) in [7, 11) is 3.21. The molecule has 1 amide bonds. The summed E-state index contributed by atoms with van der Waals surface area (Å²) >= 11 is 0. The van der Waals surface area contributed by atoms with Crippen LogP contribution in [0.3, 0.4) is 0 Å². The number of anilines is 3. The van der Waals surface area contributed by atoms with Crippen LogP contribution in [0.15, 0.2) is 48.7 Å². The van der Waals surface area contributed by atoms with E-state index in [1.54, 1.807) is 20.4 Å². The van der Waals surface area contributed by atoms with Crippen LogP contribution in [0.25, 0.3) is 11.3 Å². The van der Waals surface area contributed by atoms with Gasteiger partial charge in [-0.3, -0.25) is 4.79 Å². The number of piperidine rings is 1. The molecule has 0 atom stereocenters. The molecule has 1 aromatic heterocycles. The first kappa shape index (κ1) is 22.2. The van der Waals surface area contributed by atoms with Gasteiger partial charge in [0.2, 0.25) is 11.9 Å². The van der Waals surface area contributed by atoms with Crippen molar-refractivity contribution in [2.24, 2.45) is 5.92 Å². The number of carbonyl (C=O) groups is 1. The van der Waals surface area contributed by atoms with Crippen LogP contribution in [0, 0.1) is 5.92 Å². The lowest BCUT2D eigenvalue weighted by atomic mass is 9.97. The normalized spacial score (nSPS) is 15.8. The zero-order valence-corrected chi connectivity index (χ0v) is 19.5. The molecule has 1 saturated heterocycles. The molecule has 2 aliphatic heterocycles. The highest BCUT2D eigenvalue weighted by molar-refractivity contribution is 6.02. The number of hydrogen-bond donors (Lipinski definition) is 2. The third-order valence-electron chi connectivity index (χ3n) is 6.50. The standard InChI is InChI=1S/C26H29N5O3/c1-33-22-8-7-19(14-23(22)34-2)29-26-28-15-18-13-24(32)31(16-17-9-11-27-12-10-17)21-6-4-3-5-20(21)25(18)30-26/h3-8,14-15,17,27H,9-13,16H2,1-2H3,(H,28,29,30). The topological polar surface area (TPSA) is 88.6 Å². The molecule has 0 spiro atoms. The Morgan fingerprint density at radius 1 is 1.09 bits per heavy atom. The highest BCUT2D eigenvalue weighted by Crippen LogP contribution is 2.37. The maximum absolute atomic E-state index is 13.3. The number of rotatable bonds is 6. The van der Waals surface area contributed by atoms with Gasteiger partial charge in [-0.2, -0.15) is 0 Å². The molecule has 0 bridgehead atoms. The lowest BCUT2D eigenvalue weighted by Crippen LogP contribution is -2.39. The van der Waals surface area contributed by atoms with Gasteiger partial charge < -0.3 is 25.0 Å². The van der Waals surface area contributed by atoms with E-state index in [-0.39, 0.29) is 12.3 Å². The average Bonchev–Trinajstić information content (AvgIpc) is 2.99. The minimum atomic E-state index is 0.0916. The van der Waals surface area contributed by atoms with Crippen molar-refractivity contribution in [3.8, 4) is 22.8 Å². The Bertz CT molecular complexity index is 1190. The Balaban J connectivity index is 1.48. The zero-order valence-electron chi connectivity index (χ0n) is 19.5. The van der Waals surface area contributed by atoms with Crippen LogP contribution in [0.5, 0.6) is 11.5 Å². The fraction of sp³-hybridized carbons (Fsp3) is 0.346. The van der Waals surface area contributed by atoms with E-state index in [4.69, 9.17) is 14.5 Å². The lowest BCUT2D eigenvalue weighted by molar-refractivity contribution is -0.118. The molecule has 8 heteroatoms. The first-order valence-electron chi connectivity index (χ1n) is 11.6. The first-order chi connectivity index (χ1) is 16.7. The van der Waals surface area contributed by atoms with Crippen molar-refractivity contribution < 1.29 is 14.3 Å². The predicted octanol–water partition coefficient (Wildman–Crippen LogP) is 3.79. The molecule has 2 N–H and O–H groups in total. The second kappa shape index (κ2) is 9.69.